The monoisotopic (exact) mass is 351 g/mol. The van der Waals surface area contributed by atoms with E-state index < -0.39 is 26.8 Å². The highest BCUT2D eigenvalue weighted by molar-refractivity contribution is 7.89. The lowest BCUT2D eigenvalue weighted by molar-refractivity contribution is -0.0523. The minimum atomic E-state index is -3.81. The molecule has 2 aromatic rings. The molecule has 1 aromatic carbocycles. The zero-order valence-electron chi connectivity index (χ0n) is 13.0. The second-order valence-corrected chi connectivity index (χ2v) is 7.68. The van der Waals surface area contributed by atoms with E-state index in [-0.39, 0.29) is 22.3 Å². The molecule has 128 valence electrons. The van der Waals surface area contributed by atoms with Crippen LogP contribution in [-0.4, -0.2) is 36.7 Å². The van der Waals surface area contributed by atoms with Gasteiger partial charge in [0.1, 0.15) is 0 Å². The normalized spacial score (nSPS) is 16.7. The molecule has 0 atom stereocenters. The van der Waals surface area contributed by atoms with E-state index in [1.807, 2.05) is 0 Å². The minimum absolute atomic E-state index is 0.0365. The van der Waals surface area contributed by atoms with Crippen LogP contribution in [0.1, 0.15) is 6.92 Å². The van der Waals surface area contributed by atoms with E-state index in [2.05, 4.69) is 16.3 Å². The van der Waals surface area contributed by atoms with Crippen molar-refractivity contribution >= 4 is 20.9 Å². The molecule has 1 fully saturated rings. The highest BCUT2D eigenvalue weighted by atomic mass is 32.2. The number of nitrogens with one attached hydrogen (secondary N) is 2. The third-order valence-electron chi connectivity index (χ3n) is 3.80. The summed E-state index contributed by atoms with van der Waals surface area (Å²) < 4.78 is 33.6. The van der Waals surface area contributed by atoms with Crippen molar-refractivity contribution in [3.63, 3.8) is 0 Å². The Bertz CT molecular complexity index is 1030. The number of fused-ring (bicyclic) bond motifs is 1. The van der Waals surface area contributed by atoms with Crippen LogP contribution in [0.2, 0.25) is 0 Å². The lowest BCUT2D eigenvalue weighted by Crippen LogP contribution is -2.59. The van der Waals surface area contributed by atoms with Crippen molar-refractivity contribution in [3.05, 3.63) is 51.7 Å². The molecular formula is C15H17N3O5S. The lowest BCUT2D eigenvalue weighted by atomic mass is 10.0. The summed E-state index contributed by atoms with van der Waals surface area (Å²) in [5.41, 5.74) is -1.51. The van der Waals surface area contributed by atoms with Gasteiger partial charge in [-0.25, -0.2) is 17.9 Å². The van der Waals surface area contributed by atoms with Crippen molar-refractivity contribution in [2.24, 2.45) is 0 Å². The Morgan fingerprint density at radius 2 is 2.12 bits per heavy atom. The van der Waals surface area contributed by atoms with Crippen molar-refractivity contribution in [1.29, 1.82) is 0 Å². The number of allylic oxidation sites excluding steroid dienone is 1. The van der Waals surface area contributed by atoms with Gasteiger partial charge in [-0.15, -0.1) is 6.58 Å². The van der Waals surface area contributed by atoms with E-state index in [4.69, 9.17) is 4.74 Å². The number of aromatic nitrogens is 2. The zero-order valence-corrected chi connectivity index (χ0v) is 13.9. The second kappa shape index (κ2) is 5.69. The fourth-order valence-corrected chi connectivity index (χ4v) is 3.95. The van der Waals surface area contributed by atoms with Gasteiger partial charge in [0, 0.05) is 6.54 Å². The third-order valence-corrected chi connectivity index (χ3v) is 5.43. The first-order valence-electron chi connectivity index (χ1n) is 7.25. The predicted octanol–water partition coefficient (Wildman–Crippen LogP) is -0.0570. The first-order valence-corrected chi connectivity index (χ1v) is 8.74. The van der Waals surface area contributed by atoms with Gasteiger partial charge in [-0.05, 0) is 25.1 Å². The first kappa shape index (κ1) is 16.6. The smallest absolute Gasteiger partial charge is 0.329 e. The van der Waals surface area contributed by atoms with Crippen molar-refractivity contribution in [2.75, 3.05) is 13.2 Å². The fourth-order valence-electron chi connectivity index (χ4n) is 2.54. The molecule has 1 aliphatic heterocycles. The molecule has 0 spiro atoms. The molecule has 0 amide bonds. The van der Waals surface area contributed by atoms with Crippen LogP contribution in [0, 0.1) is 0 Å². The summed E-state index contributed by atoms with van der Waals surface area (Å²) in [4.78, 5) is 26.8. The van der Waals surface area contributed by atoms with E-state index >= 15 is 0 Å². The SMILES string of the molecule is C=CCn1c(=O)[nH]c2ccc(S(=O)(=O)NC3(C)COC3)cc2c1=O. The Morgan fingerprint density at radius 3 is 2.71 bits per heavy atom. The van der Waals surface area contributed by atoms with E-state index in [1.54, 1.807) is 6.92 Å². The van der Waals surface area contributed by atoms with Gasteiger partial charge in [-0.3, -0.25) is 9.36 Å². The quantitative estimate of drug-likeness (QED) is 0.734. The molecular weight excluding hydrogens is 334 g/mol. The standard InChI is InChI=1S/C15H17N3O5S/c1-3-6-18-13(19)11-7-10(4-5-12(11)16-14(18)20)24(21,22)17-15(2)8-23-9-15/h3-5,7,17H,1,6,8-9H2,2H3,(H,16,20). The van der Waals surface area contributed by atoms with Gasteiger partial charge >= 0.3 is 5.69 Å². The summed E-state index contributed by atoms with van der Waals surface area (Å²) in [5.74, 6) is 0. The largest absolute Gasteiger partial charge is 0.377 e. The summed E-state index contributed by atoms with van der Waals surface area (Å²) in [7, 11) is -3.81. The van der Waals surface area contributed by atoms with E-state index in [1.165, 1.54) is 24.3 Å². The van der Waals surface area contributed by atoms with Crippen molar-refractivity contribution < 1.29 is 13.2 Å². The lowest BCUT2D eigenvalue weighted by Gasteiger charge is -2.38. The van der Waals surface area contributed by atoms with Crippen LogP contribution in [0.15, 0.2) is 45.3 Å². The molecule has 0 bridgehead atoms. The molecule has 1 aliphatic rings. The number of rotatable bonds is 5. The molecule has 2 heterocycles. The summed E-state index contributed by atoms with van der Waals surface area (Å²) >= 11 is 0. The molecule has 2 N–H and O–H groups in total. The van der Waals surface area contributed by atoms with Gasteiger partial charge in [0.25, 0.3) is 5.56 Å². The van der Waals surface area contributed by atoms with Gasteiger partial charge in [0.05, 0.1) is 34.6 Å². The molecule has 1 saturated heterocycles. The summed E-state index contributed by atoms with van der Waals surface area (Å²) in [6.07, 6.45) is 1.42. The van der Waals surface area contributed by atoms with Crippen LogP contribution >= 0.6 is 0 Å². The second-order valence-electron chi connectivity index (χ2n) is 6.00. The molecule has 8 nitrogen and oxygen atoms in total. The Hall–Kier alpha value is -2.23. The molecule has 24 heavy (non-hydrogen) atoms. The van der Waals surface area contributed by atoms with Crippen molar-refractivity contribution in [1.82, 2.24) is 14.3 Å². The number of sulfonamides is 1. The van der Waals surface area contributed by atoms with E-state index in [0.717, 1.165) is 4.57 Å². The van der Waals surface area contributed by atoms with Gasteiger partial charge in [-0.1, -0.05) is 6.08 Å². The first-order chi connectivity index (χ1) is 11.3. The number of hydrogen-bond donors (Lipinski definition) is 2. The molecule has 0 saturated carbocycles. The maximum Gasteiger partial charge on any atom is 0.329 e. The Morgan fingerprint density at radius 1 is 1.42 bits per heavy atom. The molecule has 0 unspecified atom stereocenters. The van der Waals surface area contributed by atoms with Crippen LogP contribution in [-0.2, 0) is 21.3 Å². The van der Waals surface area contributed by atoms with Gasteiger partial charge < -0.3 is 9.72 Å². The summed E-state index contributed by atoms with van der Waals surface area (Å²) in [5, 5.41) is 0.120. The highest BCUT2D eigenvalue weighted by Crippen LogP contribution is 2.21. The highest BCUT2D eigenvalue weighted by Gasteiger charge is 2.37. The maximum absolute atomic E-state index is 12.5. The Kier molecular flexibility index (Phi) is 3.94. The van der Waals surface area contributed by atoms with Crippen LogP contribution in [0.25, 0.3) is 10.9 Å². The van der Waals surface area contributed by atoms with Crippen LogP contribution in [0.5, 0.6) is 0 Å². The topological polar surface area (TPSA) is 110 Å². The third kappa shape index (κ3) is 2.81. The van der Waals surface area contributed by atoms with E-state index in [0.29, 0.717) is 13.2 Å². The number of aromatic amines is 1. The molecule has 0 aliphatic carbocycles. The van der Waals surface area contributed by atoms with Crippen molar-refractivity contribution in [3.8, 4) is 0 Å². The van der Waals surface area contributed by atoms with Gasteiger partial charge in [0.15, 0.2) is 0 Å². The molecule has 3 rings (SSSR count). The fraction of sp³-hybridized carbons (Fsp3) is 0.333. The minimum Gasteiger partial charge on any atom is -0.377 e. The molecule has 9 heteroatoms. The maximum atomic E-state index is 12.5. The average molecular weight is 351 g/mol. The zero-order chi connectivity index (χ0) is 17.5. The van der Waals surface area contributed by atoms with Crippen LogP contribution < -0.4 is 16.0 Å². The number of H-pyrrole nitrogens is 1. The molecule has 0 radical (unpaired) electrons. The van der Waals surface area contributed by atoms with Gasteiger partial charge in [0.2, 0.25) is 10.0 Å². The van der Waals surface area contributed by atoms with Gasteiger partial charge in [-0.2, -0.15) is 0 Å². The number of nitrogens with zero attached hydrogens (tertiary/aromatic N) is 1. The summed E-state index contributed by atoms with van der Waals surface area (Å²) in [6, 6.07) is 4.02. The average Bonchev–Trinajstić information content (AvgIpc) is 2.49. The number of hydrogen-bond acceptors (Lipinski definition) is 5. The molecule has 1 aromatic heterocycles. The van der Waals surface area contributed by atoms with Crippen LogP contribution in [0.4, 0.5) is 0 Å². The Labute approximate surface area is 137 Å². The Balaban J connectivity index is 2.12. The van der Waals surface area contributed by atoms with Crippen LogP contribution in [0.3, 0.4) is 0 Å². The number of benzene rings is 1. The van der Waals surface area contributed by atoms with Crippen molar-refractivity contribution in [2.45, 2.75) is 23.9 Å². The predicted molar refractivity (Wildman–Crippen MR) is 88.6 cm³/mol. The van der Waals surface area contributed by atoms with E-state index in [9.17, 15) is 18.0 Å². The number of ether oxygens (including phenoxy) is 1. The summed E-state index contributed by atoms with van der Waals surface area (Å²) in [6.45, 7) is 5.86.